The zero-order chi connectivity index (χ0) is 14.9. The smallest absolute Gasteiger partial charge is 0.174 e. The highest BCUT2D eigenvalue weighted by molar-refractivity contribution is 6.30. The molecule has 1 aromatic heterocycles. The van der Waals surface area contributed by atoms with Crippen molar-refractivity contribution in [3.63, 3.8) is 0 Å². The molecule has 3 aromatic rings. The zero-order valence-electron chi connectivity index (χ0n) is 10.8. The van der Waals surface area contributed by atoms with Crippen LogP contribution in [-0.4, -0.2) is 20.3 Å². The first-order chi connectivity index (χ1) is 10.1. The van der Waals surface area contributed by atoms with Crippen molar-refractivity contribution >= 4 is 23.2 Å². The summed E-state index contributed by atoms with van der Waals surface area (Å²) in [6.07, 6.45) is 1.35. The summed E-state index contributed by atoms with van der Waals surface area (Å²) in [5.74, 6) is 0.326. The number of nitrogens with zero attached hydrogens (tertiary/aromatic N) is 2. The number of hydrogen-bond donors (Lipinski definition) is 2. The molecule has 21 heavy (non-hydrogen) atoms. The van der Waals surface area contributed by atoms with Gasteiger partial charge in [-0.15, -0.1) is 0 Å². The Labute approximate surface area is 131 Å². The fraction of sp³-hybridized carbons (Fsp3) is 0.0667. The third kappa shape index (κ3) is 2.53. The van der Waals surface area contributed by atoms with Gasteiger partial charge in [-0.1, -0.05) is 47.5 Å². The lowest BCUT2D eigenvalue weighted by molar-refractivity contribution is 0.116. The Bertz CT molecular complexity index is 679. The maximum atomic E-state index is 11.3. The lowest BCUT2D eigenvalue weighted by atomic mass is 9.85. The van der Waals surface area contributed by atoms with E-state index in [-0.39, 0.29) is 0 Å². The number of halogens is 2. The van der Waals surface area contributed by atoms with Gasteiger partial charge in [0.15, 0.2) is 11.4 Å². The predicted octanol–water partition coefficient (Wildman–Crippen LogP) is 3.40. The molecule has 1 heterocycles. The number of nitrogens with one attached hydrogen (secondary N) is 1. The van der Waals surface area contributed by atoms with Gasteiger partial charge in [0.1, 0.15) is 6.33 Å². The average Bonchev–Trinajstić information content (AvgIpc) is 3.02. The van der Waals surface area contributed by atoms with Crippen LogP contribution >= 0.6 is 23.2 Å². The third-order valence-corrected chi connectivity index (χ3v) is 3.79. The van der Waals surface area contributed by atoms with Gasteiger partial charge in [-0.3, -0.25) is 5.10 Å². The summed E-state index contributed by atoms with van der Waals surface area (Å²) in [5.41, 5.74) is -0.192. The van der Waals surface area contributed by atoms with Crippen LogP contribution in [-0.2, 0) is 5.60 Å². The monoisotopic (exact) mass is 319 g/mol. The van der Waals surface area contributed by atoms with E-state index < -0.39 is 5.60 Å². The molecule has 0 bridgehead atoms. The van der Waals surface area contributed by atoms with Crippen LogP contribution in [0.5, 0.6) is 0 Å². The molecule has 4 nitrogen and oxygen atoms in total. The number of H-pyrrole nitrogens is 1. The van der Waals surface area contributed by atoms with E-state index in [1.165, 1.54) is 6.33 Å². The Hall–Kier alpha value is -1.88. The van der Waals surface area contributed by atoms with Crippen LogP contribution in [0.4, 0.5) is 0 Å². The maximum Gasteiger partial charge on any atom is 0.174 e. The van der Waals surface area contributed by atoms with Gasteiger partial charge in [0, 0.05) is 10.0 Å². The summed E-state index contributed by atoms with van der Waals surface area (Å²) >= 11 is 11.8. The largest absolute Gasteiger partial charge is 0.373 e. The fourth-order valence-electron chi connectivity index (χ4n) is 2.20. The second kappa shape index (κ2) is 5.48. The minimum Gasteiger partial charge on any atom is -0.373 e. The molecule has 0 saturated carbocycles. The Kier molecular flexibility index (Phi) is 3.68. The van der Waals surface area contributed by atoms with E-state index in [1.807, 2.05) is 0 Å². The van der Waals surface area contributed by atoms with Crippen molar-refractivity contribution in [2.75, 3.05) is 0 Å². The van der Waals surface area contributed by atoms with Crippen molar-refractivity contribution in [2.45, 2.75) is 5.60 Å². The first-order valence-corrected chi connectivity index (χ1v) is 6.96. The van der Waals surface area contributed by atoms with E-state index in [1.54, 1.807) is 48.5 Å². The van der Waals surface area contributed by atoms with Crippen molar-refractivity contribution in [3.05, 3.63) is 81.9 Å². The first-order valence-electron chi connectivity index (χ1n) is 6.21. The van der Waals surface area contributed by atoms with Crippen molar-refractivity contribution < 1.29 is 5.11 Å². The molecule has 106 valence electrons. The van der Waals surface area contributed by atoms with Crippen LogP contribution in [0.2, 0.25) is 10.0 Å². The minimum atomic E-state index is -1.45. The highest BCUT2D eigenvalue weighted by Crippen LogP contribution is 2.35. The van der Waals surface area contributed by atoms with Crippen LogP contribution in [0.15, 0.2) is 54.9 Å². The molecule has 0 saturated heterocycles. The van der Waals surface area contributed by atoms with Crippen LogP contribution in [0.3, 0.4) is 0 Å². The van der Waals surface area contributed by atoms with E-state index >= 15 is 0 Å². The standard InChI is InChI=1S/C15H11Cl2N3O/c16-12-5-1-10(2-6-12)15(21,14-18-9-19-20-14)11-3-7-13(17)8-4-11/h1-9,21H,(H,18,19,20). The highest BCUT2D eigenvalue weighted by Gasteiger charge is 2.36. The lowest BCUT2D eigenvalue weighted by Crippen LogP contribution is -2.30. The summed E-state index contributed by atoms with van der Waals surface area (Å²) in [6, 6.07) is 13.9. The number of benzene rings is 2. The van der Waals surface area contributed by atoms with Crippen LogP contribution in [0.1, 0.15) is 17.0 Å². The second-order valence-corrected chi connectivity index (χ2v) is 5.43. The summed E-state index contributed by atoms with van der Waals surface area (Å²) in [4.78, 5) is 4.10. The van der Waals surface area contributed by atoms with Gasteiger partial charge < -0.3 is 5.11 Å². The van der Waals surface area contributed by atoms with Gasteiger partial charge in [0.05, 0.1) is 0 Å². The van der Waals surface area contributed by atoms with Crippen LogP contribution in [0, 0.1) is 0 Å². The number of aliphatic hydroxyl groups is 1. The van der Waals surface area contributed by atoms with Crippen molar-refractivity contribution in [2.24, 2.45) is 0 Å². The topological polar surface area (TPSA) is 61.8 Å². The quantitative estimate of drug-likeness (QED) is 0.777. The summed E-state index contributed by atoms with van der Waals surface area (Å²) in [7, 11) is 0. The number of hydrogen-bond acceptors (Lipinski definition) is 3. The van der Waals surface area contributed by atoms with E-state index in [2.05, 4.69) is 15.2 Å². The Balaban J connectivity index is 2.20. The highest BCUT2D eigenvalue weighted by atomic mass is 35.5. The molecule has 3 rings (SSSR count). The number of aromatic amines is 1. The molecule has 0 amide bonds. The molecular formula is C15H11Cl2N3O. The molecule has 0 aliphatic heterocycles. The maximum absolute atomic E-state index is 11.3. The molecule has 0 fully saturated rings. The van der Waals surface area contributed by atoms with E-state index in [9.17, 15) is 5.11 Å². The molecule has 0 atom stereocenters. The van der Waals surface area contributed by atoms with E-state index in [0.29, 0.717) is 27.0 Å². The van der Waals surface area contributed by atoms with Gasteiger partial charge >= 0.3 is 0 Å². The molecule has 0 aliphatic carbocycles. The normalized spacial score (nSPS) is 11.6. The third-order valence-electron chi connectivity index (χ3n) is 3.28. The Morgan fingerprint density at radius 1 is 0.857 bits per heavy atom. The molecule has 2 aromatic carbocycles. The summed E-state index contributed by atoms with van der Waals surface area (Å²) in [5, 5.41) is 19.0. The Morgan fingerprint density at radius 3 is 1.71 bits per heavy atom. The van der Waals surface area contributed by atoms with Gasteiger partial charge in [-0.25, -0.2) is 4.98 Å². The Morgan fingerprint density at radius 2 is 1.33 bits per heavy atom. The molecule has 0 unspecified atom stereocenters. The SMILES string of the molecule is OC(c1ccc(Cl)cc1)(c1ccc(Cl)cc1)c1ncn[nH]1. The van der Waals surface area contributed by atoms with E-state index in [0.717, 1.165) is 0 Å². The first kappa shape index (κ1) is 14.1. The van der Waals surface area contributed by atoms with Crippen LogP contribution < -0.4 is 0 Å². The second-order valence-electron chi connectivity index (χ2n) is 4.56. The summed E-state index contributed by atoms with van der Waals surface area (Å²) in [6.45, 7) is 0. The zero-order valence-corrected chi connectivity index (χ0v) is 12.3. The molecular weight excluding hydrogens is 309 g/mol. The van der Waals surface area contributed by atoms with Gasteiger partial charge in [0.25, 0.3) is 0 Å². The van der Waals surface area contributed by atoms with Crippen molar-refractivity contribution in [1.82, 2.24) is 15.2 Å². The molecule has 0 radical (unpaired) electrons. The minimum absolute atomic E-state index is 0.326. The summed E-state index contributed by atoms with van der Waals surface area (Å²) < 4.78 is 0. The fourth-order valence-corrected chi connectivity index (χ4v) is 2.45. The van der Waals surface area contributed by atoms with Crippen molar-refractivity contribution in [3.8, 4) is 0 Å². The van der Waals surface area contributed by atoms with Gasteiger partial charge in [-0.05, 0) is 35.4 Å². The van der Waals surface area contributed by atoms with Gasteiger partial charge in [0.2, 0.25) is 0 Å². The van der Waals surface area contributed by atoms with Crippen LogP contribution in [0.25, 0.3) is 0 Å². The predicted molar refractivity (Wildman–Crippen MR) is 81.4 cm³/mol. The van der Waals surface area contributed by atoms with E-state index in [4.69, 9.17) is 23.2 Å². The average molecular weight is 320 g/mol. The molecule has 0 spiro atoms. The number of aromatic nitrogens is 3. The molecule has 0 aliphatic rings. The molecule has 6 heteroatoms. The lowest BCUT2D eigenvalue weighted by Gasteiger charge is -2.27. The molecule has 2 N–H and O–H groups in total. The van der Waals surface area contributed by atoms with Crippen molar-refractivity contribution in [1.29, 1.82) is 0 Å². The van der Waals surface area contributed by atoms with Gasteiger partial charge in [-0.2, -0.15) is 5.10 Å². The number of rotatable bonds is 3.